The molecule has 3 rings (SSSR count). The van der Waals surface area contributed by atoms with Crippen LogP contribution >= 0.6 is 17.0 Å². The maximum Gasteiger partial charge on any atom is 0.407 e. The van der Waals surface area contributed by atoms with Gasteiger partial charge in [0.2, 0.25) is 0 Å². The molecule has 1 aromatic carbocycles. The highest BCUT2D eigenvalue weighted by Gasteiger charge is 2.18. The maximum atomic E-state index is 11.1. The standard InChI is InChI=1S/C19H37NO2.C17H23NO2.BrH/c1-2-3-4-5-6-7-8-9-10-11-12-13-14-15-18-16-17-20-19(21)22-18;1-4-6-11-15-13-9-7-8-10-14(13)16(12-18-15)20-17(5-2)19-3;/h18H,2-17H2,1H3,(H,20,21);7-10,12,17H,4-6,11H2,1-3H3;1H. The number of methoxy groups -OCH3 is 1. The number of carbonyl (C=O) groups is 1. The molecule has 1 N–H and O–H groups in total. The number of nitrogens with one attached hydrogen (secondary N) is 1. The number of carbonyl (C=O) groups excluding carboxylic acids is 1. The molecular formula is C36H61BrN2O4. The smallest absolute Gasteiger partial charge is 0.407 e. The Kier molecular flexibility index (Phi) is 23.2. The molecule has 1 fully saturated rings. The monoisotopic (exact) mass is 664 g/mol. The first-order chi connectivity index (χ1) is 20.6. The number of alkyl carbamates (subject to hydrolysis) is 1. The molecule has 0 bridgehead atoms. The van der Waals surface area contributed by atoms with Gasteiger partial charge in [0.15, 0.2) is 6.29 Å². The molecule has 1 aliphatic heterocycles. The van der Waals surface area contributed by atoms with Gasteiger partial charge in [-0.05, 0) is 25.7 Å². The van der Waals surface area contributed by atoms with Crippen molar-refractivity contribution in [2.24, 2.45) is 0 Å². The molecule has 2 atom stereocenters. The third-order valence-corrected chi connectivity index (χ3v) is 8.10. The van der Waals surface area contributed by atoms with E-state index < -0.39 is 0 Å². The summed E-state index contributed by atoms with van der Waals surface area (Å²) < 4.78 is 16.4. The number of cyclic esters (lactones) is 1. The summed E-state index contributed by atoms with van der Waals surface area (Å²) in [5, 5.41) is 5.00. The van der Waals surface area contributed by atoms with Crippen LogP contribution in [0.4, 0.5) is 4.79 Å². The summed E-state index contributed by atoms with van der Waals surface area (Å²) >= 11 is 0. The Morgan fingerprint density at radius 3 is 2.00 bits per heavy atom. The Morgan fingerprint density at radius 1 is 0.860 bits per heavy atom. The molecule has 43 heavy (non-hydrogen) atoms. The largest absolute Gasteiger partial charge is 0.463 e. The van der Waals surface area contributed by atoms with E-state index in [1.54, 1.807) is 7.11 Å². The van der Waals surface area contributed by atoms with Crippen molar-refractivity contribution in [1.82, 2.24) is 10.3 Å². The number of fused-ring (bicyclic) bond motifs is 1. The van der Waals surface area contributed by atoms with E-state index in [1.807, 2.05) is 19.2 Å². The number of rotatable bonds is 21. The van der Waals surface area contributed by atoms with E-state index in [0.717, 1.165) is 55.5 Å². The number of ether oxygens (including phenoxy) is 3. The lowest BCUT2D eigenvalue weighted by atomic mass is 10.0. The van der Waals surface area contributed by atoms with E-state index in [0.29, 0.717) is 0 Å². The lowest BCUT2D eigenvalue weighted by Gasteiger charge is -2.22. The average molecular weight is 666 g/mol. The van der Waals surface area contributed by atoms with Crippen molar-refractivity contribution in [2.75, 3.05) is 13.7 Å². The van der Waals surface area contributed by atoms with E-state index >= 15 is 0 Å². The van der Waals surface area contributed by atoms with E-state index in [4.69, 9.17) is 14.2 Å². The number of nitrogens with zero attached hydrogens (tertiary/aromatic N) is 1. The van der Waals surface area contributed by atoms with Gasteiger partial charge in [-0.3, -0.25) is 4.98 Å². The van der Waals surface area contributed by atoms with Gasteiger partial charge in [0.25, 0.3) is 0 Å². The first kappa shape index (κ1) is 39.2. The van der Waals surface area contributed by atoms with E-state index in [-0.39, 0.29) is 35.5 Å². The third kappa shape index (κ3) is 16.7. The molecule has 1 amide bonds. The number of unbranched alkanes of at least 4 members (excludes halogenated alkanes) is 13. The minimum absolute atomic E-state index is 0. The highest BCUT2D eigenvalue weighted by atomic mass is 79.9. The summed E-state index contributed by atoms with van der Waals surface area (Å²) in [7, 11) is 1.67. The van der Waals surface area contributed by atoms with Crippen molar-refractivity contribution in [2.45, 2.75) is 155 Å². The predicted octanol–water partition coefficient (Wildman–Crippen LogP) is 10.9. The van der Waals surface area contributed by atoms with Crippen LogP contribution in [0.25, 0.3) is 10.8 Å². The summed E-state index contributed by atoms with van der Waals surface area (Å²) in [6.07, 6.45) is 25.7. The number of aromatic nitrogens is 1. The van der Waals surface area contributed by atoms with Gasteiger partial charge in [-0.15, -0.1) is 17.0 Å². The highest BCUT2D eigenvalue weighted by molar-refractivity contribution is 8.93. The van der Waals surface area contributed by atoms with Crippen LogP contribution in [0, 0.1) is 0 Å². The van der Waals surface area contributed by atoms with Crippen LogP contribution in [0.1, 0.15) is 142 Å². The lowest BCUT2D eigenvalue weighted by molar-refractivity contribution is -0.0541. The van der Waals surface area contributed by atoms with Gasteiger partial charge in [0.1, 0.15) is 11.9 Å². The second-order valence-corrected chi connectivity index (χ2v) is 11.7. The summed E-state index contributed by atoms with van der Waals surface area (Å²) in [5.74, 6) is 0.801. The number of benzene rings is 1. The minimum atomic E-state index is -0.231. The molecule has 0 radical (unpaired) electrons. The van der Waals surface area contributed by atoms with Crippen LogP contribution in [-0.4, -0.2) is 37.1 Å². The fraction of sp³-hybridized carbons (Fsp3) is 0.722. The molecule has 1 saturated heterocycles. The SMILES string of the molecule is Br.CCCCCCCCCCCCCCCC1CCNC(=O)O1.CCCCc1ncc(OC(CC)OC)c2ccccc12. The van der Waals surface area contributed by atoms with Crippen LogP contribution in [0.3, 0.4) is 0 Å². The zero-order valence-corrected chi connectivity index (χ0v) is 29.4. The molecular weight excluding hydrogens is 604 g/mol. The quantitative estimate of drug-likeness (QED) is 0.106. The van der Waals surface area contributed by atoms with Crippen LogP contribution < -0.4 is 10.1 Å². The Hall–Kier alpha value is -1.86. The molecule has 0 spiro atoms. The second-order valence-electron chi connectivity index (χ2n) is 11.7. The summed E-state index contributed by atoms with van der Waals surface area (Å²) in [4.78, 5) is 15.7. The molecule has 0 aliphatic carbocycles. The van der Waals surface area contributed by atoms with Gasteiger partial charge in [-0.1, -0.05) is 129 Å². The van der Waals surface area contributed by atoms with Crippen LogP contribution in [0.15, 0.2) is 30.5 Å². The Labute approximate surface area is 273 Å². The normalized spacial score (nSPS) is 15.1. The van der Waals surface area contributed by atoms with Crippen molar-refractivity contribution in [3.8, 4) is 5.75 Å². The highest BCUT2D eigenvalue weighted by Crippen LogP contribution is 2.29. The molecule has 1 aliphatic rings. The van der Waals surface area contributed by atoms with Gasteiger partial charge >= 0.3 is 6.09 Å². The molecule has 2 heterocycles. The molecule has 6 nitrogen and oxygen atoms in total. The Morgan fingerprint density at radius 2 is 1.44 bits per heavy atom. The van der Waals surface area contributed by atoms with Gasteiger partial charge in [-0.25, -0.2) is 4.79 Å². The summed E-state index contributed by atoms with van der Waals surface area (Å²) in [5.41, 5.74) is 1.15. The molecule has 2 aromatic rings. The number of hydrogen-bond donors (Lipinski definition) is 1. The van der Waals surface area contributed by atoms with Crippen LogP contribution in [-0.2, 0) is 15.9 Å². The van der Waals surface area contributed by atoms with Crippen molar-refractivity contribution < 1.29 is 19.0 Å². The minimum Gasteiger partial charge on any atom is -0.463 e. The first-order valence-corrected chi connectivity index (χ1v) is 17.1. The molecule has 1 aromatic heterocycles. The van der Waals surface area contributed by atoms with Crippen molar-refractivity contribution in [1.29, 1.82) is 0 Å². The van der Waals surface area contributed by atoms with Crippen molar-refractivity contribution in [3.63, 3.8) is 0 Å². The Bertz CT molecular complexity index is 969. The Balaban J connectivity index is 0.000000422. The van der Waals surface area contributed by atoms with E-state index in [2.05, 4.69) is 42.3 Å². The predicted molar refractivity (Wildman–Crippen MR) is 186 cm³/mol. The van der Waals surface area contributed by atoms with Crippen molar-refractivity contribution >= 4 is 33.8 Å². The van der Waals surface area contributed by atoms with Crippen LogP contribution in [0.2, 0.25) is 0 Å². The van der Waals surface area contributed by atoms with Crippen molar-refractivity contribution in [3.05, 3.63) is 36.2 Å². The zero-order chi connectivity index (χ0) is 30.3. The topological polar surface area (TPSA) is 69.7 Å². The first-order valence-electron chi connectivity index (χ1n) is 17.1. The number of hydrogen-bond acceptors (Lipinski definition) is 5. The maximum absolute atomic E-state index is 11.1. The van der Waals surface area contributed by atoms with E-state index in [9.17, 15) is 4.79 Å². The number of aryl methyl sites for hydroxylation is 1. The van der Waals surface area contributed by atoms with Gasteiger partial charge in [-0.2, -0.15) is 0 Å². The lowest BCUT2D eigenvalue weighted by Crippen LogP contribution is -2.37. The zero-order valence-electron chi connectivity index (χ0n) is 27.7. The number of halogens is 1. The van der Waals surface area contributed by atoms with Crippen LogP contribution in [0.5, 0.6) is 5.75 Å². The number of amides is 1. The molecule has 246 valence electrons. The fourth-order valence-corrected chi connectivity index (χ4v) is 5.48. The average Bonchev–Trinajstić information content (AvgIpc) is 3.02. The third-order valence-electron chi connectivity index (χ3n) is 8.10. The fourth-order valence-electron chi connectivity index (χ4n) is 5.48. The van der Waals surface area contributed by atoms with Gasteiger partial charge < -0.3 is 19.5 Å². The summed E-state index contributed by atoms with van der Waals surface area (Å²) in [6, 6.07) is 8.29. The molecule has 2 unspecified atom stereocenters. The van der Waals surface area contributed by atoms with Gasteiger partial charge in [0, 0.05) is 43.0 Å². The van der Waals surface area contributed by atoms with Gasteiger partial charge in [0.05, 0.1) is 6.20 Å². The van der Waals surface area contributed by atoms with E-state index in [1.165, 1.54) is 95.3 Å². The summed E-state index contributed by atoms with van der Waals surface area (Å²) in [6.45, 7) is 7.30. The second kappa shape index (κ2) is 25.5. The molecule has 0 saturated carbocycles. The number of pyridine rings is 1. The molecule has 7 heteroatoms.